The topological polar surface area (TPSA) is 65.9 Å². The van der Waals surface area contributed by atoms with E-state index in [2.05, 4.69) is 9.88 Å². The molecule has 1 aromatic heterocycles. The van der Waals surface area contributed by atoms with E-state index < -0.39 is 12.1 Å². The summed E-state index contributed by atoms with van der Waals surface area (Å²) in [6, 6.07) is 5.56. The molecule has 2 heterocycles. The maximum atomic E-state index is 16.1. The van der Waals surface area contributed by atoms with Gasteiger partial charge < -0.3 is 19.6 Å². The fourth-order valence-corrected chi connectivity index (χ4v) is 6.50. The van der Waals surface area contributed by atoms with Crippen LogP contribution in [0.5, 0.6) is 5.75 Å². The highest BCUT2D eigenvalue weighted by Gasteiger charge is 2.37. The van der Waals surface area contributed by atoms with E-state index >= 15 is 4.39 Å². The van der Waals surface area contributed by atoms with E-state index in [-0.39, 0.29) is 11.8 Å². The van der Waals surface area contributed by atoms with Crippen molar-refractivity contribution < 1.29 is 19.0 Å². The number of hydrogen-bond acceptors (Lipinski definition) is 5. The summed E-state index contributed by atoms with van der Waals surface area (Å²) in [5.74, 6) is 0.743. The zero-order chi connectivity index (χ0) is 26.4. The van der Waals surface area contributed by atoms with E-state index in [0.717, 1.165) is 55.0 Å². The molecule has 4 rings (SSSR count). The van der Waals surface area contributed by atoms with E-state index in [0.29, 0.717) is 24.2 Å². The van der Waals surface area contributed by atoms with Gasteiger partial charge in [0.2, 0.25) is 0 Å². The summed E-state index contributed by atoms with van der Waals surface area (Å²) in [6.45, 7) is 2.93. The molecule has 1 N–H and O–H groups in total. The number of methoxy groups -OCH3 is 1. The number of aliphatic carboxylic acids is 1. The normalized spacial score (nSPS) is 19.6. The van der Waals surface area contributed by atoms with Crippen LogP contribution in [0.1, 0.15) is 82.4 Å². The first kappa shape index (κ1) is 27.6. The number of likely N-dealkylation sites (tertiary alicyclic amines) is 1. The molecule has 6 nitrogen and oxygen atoms in total. The van der Waals surface area contributed by atoms with Crippen molar-refractivity contribution in [3.05, 3.63) is 30.0 Å². The number of piperidine rings is 1. The zero-order valence-corrected chi connectivity index (χ0v) is 22.8. The van der Waals surface area contributed by atoms with Crippen LogP contribution in [0.3, 0.4) is 0 Å². The Hall–Kier alpha value is -2.41. The maximum absolute atomic E-state index is 16.1. The van der Waals surface area contributed by atoms with Gasteiger partial charge in [-0.2, -0.15) is 0 Å². The van der Waals surface area contributed by atoms with Gasteiger partial charge in [-0.25, -0.2) is 4.39 Å². The number of anilines is 1. The van der Waals surface area contributed by atoms with Crippen LogP contribution in [0.15, 0.2) is 24.4 Å². The van der Waals surface area contributed by atoms with Crippen molar-refractivity contribution in [3.63, 3.8) is 0 Å². The van der Waals surface area contributed by atoms with Crippen molar-refractivity contribution in [2.45, 2.75) is 76.8 Å². The van der Waals surface area contributed by atoms with Crippen LogP contribution >= 0.6 is 0 Å². The molecule has 1 aliphatic heterocycles. The first-order chi connectivity index (χ1) is 17.8. The molecule has 37 heavy (non-hydrogen) atoms. The molecule has 2 aromatic rings. The summed E-state index contributed by atoms with van der Waals surface area (Å²) >= 11 is 0. The van der Waals surface area contributed by atoms with Crippen molar-refractivity contribution in [1.29, 1.82) is 0 Å². The van der Waals surface area contributed by atoms with Crippen molar-refractivity contribution in [3.8, 4) is 5.75 Å². The summed E-state index contributed by atoms with van der Waals surface area (Å²) in [7, 11) is 5.40. The van der Waals surface area contributed by atoms with Gasteiger partial charge in [0.25, 0.3) is 0 Å². The monoisotopic (exact) mass is 513 g/mol. The van der Waals surface area contributed by atoms with Crippen molar-refractivity contribution in [2.75, 3.05) is 45.7 Å². The Morgan fingerprint density at radius 3 is 2.62 bits per heavy atom. The number of rotatable bonds is 11. The number of fused-ring (bicyclic) bond motifs is 1. The van der Waals surface area contributed by atoms with Gasteiger partial charge in [0.1, 0.15) is 11.9 Å². The molecule has 1 unspecified atom stereocenters. The smallest absolute Gasteiger partial charge is 0.303 e. The molecule has 0 amide bonds. The molecule has 1 aromatic carbocycles. The first-order valence-corrected chi connectivity index (χ1v) is 14.0. The largest absolute Gasteiger partial charge is 0.497 e. The molecule has 0 radical (unpaired) electrons. The number of ether oxygens (including phenoxy) is 1. The summed E-state index contributed by atoms with van der Waals surface area (Å²) < 4.78 is 21.5. The number of nitrogens with zero attached hydrogens (tertiary/aromatic N) is 3. The zero-order valence-electron chi connectivity index (χ0n) is 22.8. The Bertz CT molecular complexity index is 1050. The summed E-state index contributed by atoms with van der Waals surface area (Å²) in [4.78, 5) is 20.8. The summed E-state index contributed by atoms with van der Waals surface area (Å²) in [6.07, 6.45) is 11.2. The van der Waals surface area contributed by atoms with Crippen LogP contribution in [-0.2, 0) is 4.79 Å². The highest BCUT2D eigenvalue weighted by Crippen LogP contribution is 2.44. The average Bonchev–Trinajstić information content (AvgIpc) is 2.90. The maximum Gasteiger partial charge on any atom is 0.303 e. The standard InChI is InChI=1S/C30H44FN3O3/c1-33(2)27-21-32-26-10-9-23(37-3)19-24(26)29(27)25(31)11-13-30(20-28(35)36)14-17-34(18-15-30)16-12-22-7-5-4-6-8-22/h9-10,19,21-22,25H,4-8,11-18,20H2,1-3H3,(H,35,36). The number of alkyl halides is 1. The quantitative estimate of drug-likeness (QED) is 0.364. The number of benzene rings is 1. The number of carboxylic acids is 1. The molecule has 2 aliphatic rings. The van der Waals surface area contributed by atoms with Crippen molar-refractivity contribution >= 4 is 22.6 Å². The summed E-state index contributed by atoms with van der Waals surface area (Å²) in [5, 5.41) is 10.5. The lowest BCUT2D eigenvalue weighted by molar-refractivity contribution is -0.141. The van der Waals surface area contributed by atoms with Gasteiger partial charge in [-0.05, 0) is 81.3 Å². The second kappa shape index (κ2) is 12.4. The highest BCUT2D eigenvalue weighted by molar-refractivity contribution is 5.88. The third kappa shape index (κ3) is 6.92. The SMILES string of the molecule is COc1ccc2ncc(N(C)C)c(C(F)CCC3(CC(=O)O)CCN(CCC4CCCCC4)CC3)c2c1. The van der Waals surface area contributed by atoms with E-state index in [1.807, 2.05) is 37.2 Å². The van der Waals surface area contributed by atoms with E-state index in [1.165, 1.54) is 38.5 Å². The lowest BCUT2D eigenvalue weighted by Crippen LogP contribution is -2.42. The molecule has 1 aliphatic carbocycles. The van der Waals surface area contributed by atoms with Gasteiger partial charge in [0.15, 0.2) is 0 Å². The van der Waals surface area contributed by atoms with Gasteiger partial charge in [0, 0.05) is 25.0 Å². The highest BCUT2D eigenvalue weighted by atomic mass is 19.1. The van der Waals surface area contributed by atoms with Gasteiger partial charge in [-0.3, -0.25) is 9.78 Å². The minimum Gasteiger partial charge on any atom is -0.497 e. The molecule has 1 atom stereocenters. The fourth-order valence-electron chi connectivity index (χ4n) is 6.50. The second-order valence-electron chi connectivity index (χ2n) is 11.5. The molecule has 0 bridgehead atoms. The Balaban J connectivity index is 1.45. The molecule has 204 valence electrons. The van der Waals surface area contributed by atoms with Crippen LogP contribution in [0.4, 0.5) is 10.1 Å². The molecule has 0 spiro atoms. The Morgan fingerprint density at radius 1 is 1.24 bits per heavy atom. The Labute approximate surface area is 221 Å². The number of carbonyl (C=O) groups is 1. The van der Waals surface area contributed by atoms with Crippen molar-refractivity contribution in [1.82, 2.24) is 9.88 Å². The lowest BCUT2D eigenvalue weighted by atomic mass is 9.71. The van der Waals surface area contributed by atoms with Crippen LogP contribution < -0.4 is 9.64 Å². The van der Waals surface area contributed by atoms with E-state index in [9.17, 15) is 9.90 Å². The fraction of sp³-hybridized carbons (Fsp3) is 0.667. The molecule has 7 heteroatoms. The molecule has 2 fully saturated rings. The third-order valence-electron chi connectivity index (χ3n) is 8.84. The number of carboxylic acid groups (broad SMARTS) is 1. The second-order valence-corrected chi connectivity index (χ2v) is 11.5. The molecule has 1 saturated heterocycles. The Kier molecular flexibility index (Phi) is 9.27. The van der Waals surface area contributed by atoms with Crippen LogP contribution in [-0.4, -0.2) is 61.8 Å². The van der Waals surface area contributed by atoms with E-state index in [4.69, 9.17) is 4.74 Å². The summed E-state index contributed by atoms with van der Waals surface area (Å²) in [5.41, 5.74) is 1.74. The van der Waals surface area contributed by atoms with E-state index in [1.54, 1.807) is 13.3 Å². The minimum atomic E-state index is -1.22. The number of pyridine rings is 1. The number of halogens is 1. The van der Waals surface area contributed by atoms with Gasteiger partial charge >= 0.3 is 5.97 Å². The third-order valence-corrected chi connectivity index (χ3v) is 8.84. The molecular formula is C30H44FN3O3. The predicted octanol–water partition coefficient (Wildman–Crippen LogP) is 6.63. The first-order valence-electron chi connectivity index (χ1n) is 14.0. The van der Waals surface area contributed by atoms with Gasteiger partial charge in [-0.15, -0.1) is 0 Å². The Morgan fingerprint density at radius 2 is 1.97 bits per heavy atom. The number of hydrogen-bond donors (Lipinski definition) is 1. The average molecular weight is 514 g/mol. The van der Waals surface area contributed by atoms with Gasteiger partial charge in [-0.1, -0.05) is 32.1 Å². The number of aromatic nitrogens is 1. The molecular weight excluding hydrogens is 469 g/mol. The van der Waals surface area contributed by atoms with Gasteiger partial charge in [0.05, 0.1) is 30.9 Å². The van der Waals surface area contributed by atoms with Crippen LogP contribution in [0.25, 0.3) is 10.9 Å². The molecule has 1 saturated carbocycles. The minimum absolute atomic E-state index is 0.113. The van der Waals surface area contributed by atoms with Crippen molar-refractivity contribution in [2.24, 2.45) is 11.3 Å². The van der Waals surface area contributed by atoms with Crippen LogP contribution in [0.2, 0.25) is 0 Å². The van der Waals surface area contributed by atoms with Crippen LogP contribution in [0, 0.1) is 11.3 Å². The predicted molar refractivity (Wildman–Crippen MR) is 147 cm³/mol. The lowest BCUT2D eigenvalue weighted by Gasteiger charge is -2.42.